The minimum Gasteiger partial charge on any atom is -0.462 e. The van der Waals surface area contributed by atoms with E-state index in [0.717, 1.165) is 11.3 Å². The number of nitrogens with one attached hydrogen (secondary N) is 1. The van der Waals surface area contributed by atoms with Gasteiger partial charge in [0, 0.05) is 11.0 Å². The first kappa shape index (κ1) is 13.7. The average molecular weight is 276 g/mol. The van der Waals surface area contributed by atoms with Crippen LogP contribution in [0.5, 0.6) is 6.01 Å². The van der Waals surface area contributed by atoms with Gasteiger partial charge in [0.2, 0.25) is 0 Å². The van der Waals surface area contributed by atoms with Gasteiger partial charge in [0.15, 0.2) is 0 Å². The van der Waals surface area contributed by atoms with Gasteiger partial charge in [0.05, 0.1) is 6.10 Å². The molecule has 100 valence electrons. The highest BCUT2D eigenvalue weighted by molar-refractivity contribution is 7.99. The molecule has 1 unspecified atom stereocenters. The van der Waals surface area contributed by atoms with Gasteiger partial charge < -0.3 is 4.74 Å². The van der Waals surface area contributed by atoms with Crippen LogP contribution in [0.3, 0.4) is 0 Å². The van der Waals surface area contributed by atoms with Crippen molar-refractivity contribution in [3.05, 3.63) is 46.8 Å². The van der Waals surface area contributed by atoms with E-state index in [2.05, 4.69) is 9.97 Å². The lowest BCUT2D eigenvalue weighted by atomic mass is 10.3. The molecular formula is C14H16N2O2S. The number of benzene rings is 1. The predicted octanol–water partition coefficient (Wildman–Crippen LogP) is 3.10. The van der Waals surface area contributed by atoms with E-state index in [1.165, 1.54) is 17.8 Å². The van der Waals surface area contributed by atoms with Crippen molar-refractivity contribution in [2.24, 2.45) is 0 Å². The maximum atomic E-state index is 11.6. The monoisotopic (exact) mass is 276 g/mol. The zero-order valence-electron chi connectivity index (χ0n) is 10.9. The zero-order chi connectivity index (χ0) is 13.7. The summed E-state index contributed by atoms with van der Waals surface area (Å²) in [5, 5.41) is 0.633. The molecule has 0 aliphatic carbocycles. The molecule has 0 fully saturated rings. The summed E-state index contributed by atoms with van der Waals surface area (Å²) in [5.74, 6) is 0. The number of nitrogens with zero attached hydrogens (tertiary/aromatic N) is 1. The van der Waals surface area contributed by atoms with Crippen LogP contribution in [0, 0.1) is 0 Å². The summed E-state index contributed by atoms with van der Waals surface area (Å²) in [6.07, 6.45) is 0.889. The largest absolute Gasteiger partial charge is 0.462 e. The fraction of sp³-hybridized carbons (Fsp3) is 0.286. The summed E-state index contributed by atoms with van der Waals surface area (Å²) in [4.78, 5) is 19.5. The van der Waals surface area contributed by atoms with Gasteiger partial charge in [0.25, 0.3) is 11.6 Å². The molecule has 0 saturated heterocycles. The van der Waals surface area contributed by atoms with Gasteiger partial charge in [-0.05, 0) is 25.5 Å². The predicted molar refractivity (Wildman–Crippen MR) is 75.8 cm³/mol. The zero-order valence-corrected chi connectivity index (χ0v) is 11.7. The Morgan fingerprint density at radius 1 is 1.37 bits per heavy atom. The minimum absolute atomic E-state index is 0.0279. The molecule has 1 aromatic carbocycles. The van der Waals surface area contributed by atoms with Crippen molar-refractivity contribution in [3.8, 4) is 6.01 Å². The van der Waals surface area contributed by atoms with Crippen LogP contribution in [-0.2, 0) is 0 Å². The second-order valence-electron chi connectivity index (χ2n) is 4.14. The van der Waals surface area contributed by atoms with Gasteiger partial charge in [-0.3, -0.25) is 9.78 Å². The fourth-order valence-corrected chi connectivity index (χ4v) is 2.23. The molecule has 1 aromatic heterocycles. The van der Waals surface area contributed by atoms with Crippen molar-refractivity contribution in [3.63, 3.8) is 0 Å². The van der Waals surface area contributed by atoms with Crippen molar-refractivity contribution in [2.45, 2.75) is 36.3 Å². The molecule has 4 nitrogen and oxygen atoms in total. The Kier molecular flexibility index (Phi) is 4.63. The van der Waals surface area contributed by atoms with Crippen molar-refractivity contribution in [2.75, 3.05) is 0 Å². The first-order valence-corrected chi connectivity index (χ1v) is 7.00. The molecule has 1 atom stereocenters. The third kappa shape index (κ3) is 4.13. The summed E-state index contributed by atoms with van der Waals surface area (Å²) in [7, 11) is 0. The third-order valence-corrected chi connectivity index (χ3v) is 3.48. The van der Waals surface area contributed by atoms with Crippen LogP contribution >= 0.6 is 11.8 Å². The molecule has 2 aromatic rings. The Labute approximate surface area is 116 Å². The van der Waals surface area contributed by atoms with Gasteiger partial charge in [-0.1, -0.05) is 36.9 Å². The van der Waals surface area contributed by atoms with Crippen LogP contribution in [0.4, 0.5) is 0 Å². The van der Waals surface area contributed by atoms with E-state index in [1.807, 2.05) is 44.2 Å². The standard InChI is InChI=1S/C14H16N2O2S/c1-3-10(2)18-14-15-12(17)9-13(16-14)19-11-7-5-4-6-8-11/h4-10H,3H2,1-2H3,(H,15,16,17). The lowest BCUT2D eigenvalue weighted by Gasteiger charge is -2.11. The molecule has 0 saturated carbocycles. The van der Waals surface area contributed by atoms with Crippen LogP contribution in [-0.4, -0.2) is 16.1 Å². The number of aromatic nitrogens is 2. The first-order chi connectivity index (χ1) is 9.17. The summed E-state index contributed by atoms with van der Waals surface area (Å²) in [6, 6.07) is 11.6. The highest BCUT2D eigenvalue weighted by Gasteiger charge is 2.07. The SMILES string of the molecule is CCC(C)Oc1nc(Sc2ccccc2)cc(=O)[nH]1. The summed E-state index contributed by atoms with van der Waals surface area (Å²) in [6.45, 7) is 3.96. The van der Waals surface area contributed by atoms with Crippen LogP contribution in [0.2, 0.25) is 0 Å². The molecule has 19 heavy (non-hydrogen) atoms. The second-order valence-corrected chi connectivity index (χ2v) is 5.23. The van der Waals surface area contributed by atoms with E-state index in [9.17, 15) is 4.79 Å². The van der Waals surface area contributed by atoms with E-state index < -0.39 is 0 Å². The van der Waals surface area contributed by atoms with Crippen molar-refractivity contribution >= 4 is 11.8 Å². The number of H-pyrrole nitrogens is 1. The van der Waals surface area contributed by atoms with E-state index in [-0.39, 0.29) is 17.7 Å². The highest BCUT2D eigenvalue weighted by Crippen LogP contribution is 2.25. The van der Waals surface area contributed by atoms with Gasteiger partial charge >= 0.3 is 0 Å². The lowest BCUT2D eigenvalue weighted by Crippen LogP contribution is -2.16. The van der Waals surface area contributed by atoms with Crippen LogP contribution < -0.4 is 10.3 Å². The van der Waals surface area contributed by atoms with Crippen molar-refractivity contribution in [1.82, 2.24) is 9.97 Å². The Balaban J connectivity index is 2.19. The van der Waals surface area contributed by atoms with Gasteiger partial charge in [0.1, 0.15) is 5.03 Å². The lowest BCUT2D eigenvalue weighted by molar-refractivity contribution is 0.197. The summed E-state index contributed by atoms with van der Waals surface area (Å²) >= 11 is 1.44. The average Bonchev–Trinajstić information content (AvgIpc) is 2.39. The molecule has 1 N–H and O–H groups in total. The molecule has 0 spiro atoms. The van der Waals surface area contributed by atoms with E-state index in [4.69, 9.17) is 4.74 Å². The molecule has 0 radical (unpaired) electrons. The molecule has 0 aliphatic heterocycles. The normalized spacial score (nSPS) is 12.1. The highest BCUT2D eigenvalue weighted by atomic mass is 32.2. The Morgan fingerprint density at radius 2 is 2.11 bits per heavy atom. The van der Waals surface area contributed by atoms with E-state index >= 15 is 0 Å². The van der Waals surface area contributed by atoms with E-state index in [0.29, 0.717) is 5.03 Å². The van der Waals surface area contributed by atoms with Gasteiger partial charge in [-0.15, -0.1) is 0 Å². The summed E-state index contributed by atoms with van der Waals surface area (Å²) in [5.41, 5.74) is -0.202. The molecule has 0 bridgehead atoms. The van der Waals surface area contributed by atoms with Crippen LogP contribution in [0.15, 0.2) is 51.1 Å². The maximum absolute atomic E-state index is 11.6. The molecule has 0 aliphatic rings. The molecular weight excluding hydrogens is 260 g/mol. The number of aromatic amines is 1. The van der Waals surface area contributed by atoms with E-state index in [1.54, 1.807) is 0 Å². The van der Waals surface area contributed by atoms with Crippen molar-refractivity contribution in [1.29, 1.82) is 0 Å². The number of rotatable bonds is 5. The minimum atomic E-state index is -0.202. The molecule has 0 amide bonds. The maximum Gasteiger partial charge on any atom is 0.297 e. The fourth-order valence-electron chi connectivity index (χ4n) is 1.41. The number of hydrogen-bond acceptors (Lipinski definition) is 4. The summed E-state index contributed by atoms with van der Waals surface area (Å²) < 4.78 is 5.54. The van der Waals surface area contributed by atoms with Crippen molar-refractivity contribution < 1.29 is 4.74 Å². The Morgan fingerprint density at radius 3 is 2.79 bits per heavy atom. The molecule has 2 rings (SSSR count). The topological polar surface area (TPSA) is 55.0 Å². The first-order valence-electron chi connectivity index (χ1n) is 6.18. The second kappa shape index (κ2) is 6.43. The third-order valence-electron chi connectivity index (χ3n) is 2.55. The smallest absolute Gasteiger partial charge is 0.297 e. The van der Waals surface area contributed by atoms with Gasteiger partial charge in [-0.25, -0.2) is 0 Å². The molecule has 1 heterocycles. The number of ether oxygens (including phenoxy) is 1. The Bertz CT molecular complexity index is 583. The quantitative estimate of drug-likeness (QED) is 0.853. The van der Waals surface area contributed by atoms with Crippen LogP contribution in [0.25, 0.3) is 0 Å². The van der Waals surface area contributed by atoms with Gasteiger partial charge in [-0.2, -0.15) is 4.98 Å². The Hall–Kier alpha value is -1.75. The number of hydrogen-bond donors (Lipinski definition) is 1. The molecule has 5 heteroatoms. The van der Waals surface area contributed by atoms with Crippen LogP contribution in [0.1, 0.15) is 20.3 Å².